The average molecular weight is 101 g/mol. The largest absolute Gasteiger partial charge is 0.393 e. The second-order valence-electron chi connectivity index (χ2n) is 2.10. The Bertz CT molecular complexity index is 41.4. The van der Waals surface area contributed by atoms with Crippen LogP contribution in [0.15, 0.2) is 0 Å². The Morgan fingerprint density at radius 2 is 2.00 bits per heavy atom. The van der Waals surface area contributed by atoms with Gasteiger partial charge in [0.15, 0.2) is 0 Å². The van der Waals surface area contributed by atoms with Crippen molar-refractivity contribution in [2.45, 2.75) is 26.4 Å². The molecule has 0 aromatic carbocycles. The molecule has 1 heteroatoms. The molecule has 0 aromatic rings. The quantitative estimate of drug-likeness (QED) is 0.554. The minimum absolute atomic E-state index is 0.208. The molecule has 0 aliphatic heterocycles. The first kappa shape index (κ1) is 6.96. The zero-order valence-corrected chi connectivity index (χ0v) is 5.02. The highest BCUT2D eigenvalue weighted by atomic mass is 16.3. The van der Waals surface area contributed by atoms with Crippen LogP contribution in [0.3, 0.4) is 0 Å². The van der Waals surface area contributed by atoms with Crippen molar-refractivity contribution >= 4 is 0 Å². The second kappa shape index (κ2) is 3.03. The van der Waals surface area contributed by atoms with E-state index in [0.29, 0.717) is 12.3 Å². The third kappa shape index (κ3) is 2.63. The first-order chi connectivity index (χ1) is 3.18. The summed E-state index contributed by atoms with van der Waals surface area (Å²) in [5.41, 5.74) is 0. The van der Waals surface area contributed by atoms with Crippen molar-refractivity contribution in [3.63, 3.8) is 0 Å². The molecule has 0 aliphatic carbocycles. The van der Waals surface area contributed by atoms with Gasteiger partial charge >= 0.3 is 0 Å². The van der Waals surface area contributed by atoms with Gasteiger partial charge < -0.3 is 5.11 Å². The van der Waals surface area contributed by atoms with E-state index in [4.69, 9.17) is 5.11 Å². The van der Waals surface area contributed by atoms with Crippen molar-refractivity contribution in [2.75, 3.05) is 0 Å². The maximum absolute atomic E-state index is 8.87. The number of hydrogen-bond acceptors (Lipinski definition) is 1. The maximum Gasteiger partial charge on any atom is 0.0563 e. The van der Waals surface area contributed by atoms with E-state index in [0.717, 1.165) is 0 Å². The molecule has 0 rings (SSSR count). The predicted molar refractivity (Wildman–Crippen MR) is 30.8 cm³/mol. The fourth-order valence-electron chi connectivity index (χ4n) is 0.333. The van der Waals surface area contributed by atoms with E-state index in [-0.39, 0.29) is 6.10 Å². The lowest BCUT2D eigenvalue weighted by Gasteiger charge is -2.09. The molecule has 0 bridgehead atoms. The van der Waals surface area contributed by atoms with Gasteiger partial charge in [-0.3, -0.25) is 0 Å². The number of aliphatic hydroxyl groups excluding tert-OH is 1. The molecule has 0 fully saturated rings. The maximum atomic E-state index is 8.87. The van der Waals surface area contributed by atoms with Crippen LogP contribution >= 0.6 is 0 Å². The smallest absolute Gasteiger partial charge is 0.0563 e. The van der Waals surface area contributed by atoms with Crippen molar-refractivity contribution in [3.8, 4) is 0 Å². The highest BCUT2D eigenvalue weighted by Gasteiger charge is 2.03. The Balaban J connectivity index is 3.14. The molecule has 0 saturated heterocycles. The molecule has 0 heterocycles. The van der Waals surface area contributed by atoms with Crippen LogP contribution in [-0.4, -0.2) is 11.2 Å². The molecule has 1 atom stereocenters. The average Bonchev–Trinajstić information content (AvgIpc) is 1.65. The summed E-state index contributed by atoms with van der Waals surface area (Å²) < 4.78 is 0. The molecule has 1 nitrogen and oxygen atoms in total. The van der Waals surface area contributed by atoms with E-state index in [9.17, 15) is 0 Å². The molecule has 7 heavy (non-hydrogen) atoms. The summed E-state index contributed by atoms with van der Waals surface area (Å²) in [4.78, 5) is 0. The SMILES string of the molecule is [CH2]C[C@H](O)C(C)C. The molecular formula is C6H13O. The van der Waals surface area contributed by atoms with E-state index < -0.39 is 0 Å². The Hall–Kier alpha value is -0.0400. The first-order valence-corrected chi connectivity index (χ1v) is 2.65. The van der Waals surface area contributed by atoms with Crippen molar-refractivity contribution in [2.24, 2.45) is 5.92 Å². The normalized spacial score (nSPS) is 15.0. The Kier molecular flexibility index (Phi) is 3.01. The molecule has 0 spiro atoms. The third-order valence-corrected chi connectivity index (χ3v) is 1.07. The zero-order valence-electron chi connectivity index (χ0n) is 5.02. The lowest BCUT2D eigenvalue weighted by molar-refractivity contribution is 0.128. The van der Waals surface area contributed by atoms with Crippen LogP contribution in [0.5, 0.6) is 0 Å². The summed E-state index contributed by atoms with van der Waals surface area (Å²) in [7, 11) is 0. The second-order valence-corrected chi connectivity index (χ2v) is 2.10. The zero-order chi connectivity index (χ0) is 5.86. The minimum Gasteiger partial charge on any atom is -0.393 e. The lowest BCUT2D eigenvalue weighted by Crippen LogP contribution is -2.12. The van der Waals surface area contributed by atoms with Gasteiger partial charge in [-0.25, -0.2) is 0 Å². The summed E-state index contributed by atoms with van der Waals surface area (Å²) in [6.07, 6.45) is 0.414. The van der Waals surface area contributed by atoms with Gasteiger partial charge in [-0.2, -0.15) is 0 Å². The molecule has 1 N–H and O–H groups in total. The van der Waals surface area contributed by atoms with E-state index in [1.54, 1.807) is 0 Å². The number of hydrogen-bond donors (Lipinski definition) is 1. The number of rotatable bonds is 2. The fourth-order valence-corrected chi connectivity index (χ4v) is 0.333. The van der Waals surface area contributed by atoms with Crippen LogP contribution in [0.2, 0.25) is 0 Å². The van der Waals surface area contributed by atoms with Gasteiger partial charge in [0.25, 0.3) is 0 Å². The van der Waals surface area contributed by atoms with Crippen LogP contribution in [0.1, 0.15) is 20.3 Å². The summed E-state index contributed by atoms with van der Waals surface area (Å²) in [6, 6.07) is 0. The van der Waals surface area contributed by atoms with Crippen molar-refractivity contribution < 1.29 is 5.11 Å². The van der Waals surface area contributed by atoms with Crippen molar-refractivity contribution in [1.82, 2.24) is 0 Å². The summed E-state index contributed by atoms with van der Waals surface area (Å²) in [5, 5.41) is 8.87. The molecule has 0 aliphatic rings. The highest BCUT2D eigenvalue weighted by molar-refractivity contribution is 4.59. The number of aliphatic hydroxyl groups is 1. The van der Waals surface area contributed by atoms with Crippen LogP contribution in [0.25, 0.3) is 0 Å². The molecule has 0 saturated carbocycles. The molecule has 43 valence electrons. The molecule has 1 radical (unpaired) electrons. The molecule has 0 unspecified atom stereocenters. The Morgan fingerprint density at radius 3 is 2.00 bits per heavy atom. The van der Waals surface area contributed by atoms with Gasteiger partial charge in [0, 0.05) is 0 Å². The molecular weight excluding hydrogens is 88.1 g/mol. The van der Waals surface area contributed by atoms with Gasteiger partial charge in [-0.15, -0.1) is 0 Å². The highest BCUT2D eigenvalue weighted by Crippen LogP contribution is 2.02. The first-order valence-electron chi connectivity index (χ1n) is 2.65. The topological polar surface area (TPSA) is 20.2 Å². The van der Waals surface area contributed by atoms with Crippen molar-refractivity contribution in [1.29, 1.82) is 0 Å². The van der Waals surface area contributed by atoms with Crippen LogP contribution in [0.4, 0.5) is 0 Å². The summed E-state index contributed by atoms with van der Waals surface area (Å²) >= 11 is 0. The van der Waals surface area contributed by atoms with Crippen LogP contribution < -0.4 is 0 Å². The minimum atomic E-state index is -0.208. The Labute approximate surface area is 45.4 Å². The van der Waals surface area contributed by atoms with E-state index >= 15 is 0 Å². The summed E-state index contributed by atoms with van der Waals surface area (Å²) in [6.45, 7) is 7.52. The standard InChI is InChI=1S/C6H13O/c1-4-6(7)5(2)3/h5-7H,1,4H2,2-3H3/t6-/m0/s1. The van der Waals surface area contributed by atoms with E-state index in [1.807, 2.05) is 13.8 Å². The molecule has 0 amide bonds. The third-order valence-electron chi connectivity index (χ3n) is 1.07. The Morgan fingerprint density at radius 1 is 1.57 bits per heavy atom. The van der Waals surface area contributed by atoms with Gasteiger partial charge in [0.1, 0.15) is 0 Å². The fraction of sp³-hybridized carbons (Fsp3) is 0.833. The van der Waals surface area contributed by atoms with E-state index in [2.05, 4.69) is 6.92 Å². The van der Waals surface area contributed by atoms with Gasteiger partial charge in [-0.05, 0) is 12.3 Å². The van der Waals surface area contributed by atoms with E-state index in [1.165, 1.54) is 0 Å². The predicted octanol–water partition coefficient (Wildman–Crippen LogP) is 1.23. The monoisotopic (exact) mass is 101 g/mol. The van der Waals surface area contributed by atoms with Crippen molar-refractivity contribution in [3.05, 3.63) is 6.92 Å². The van der Waals surface area contributed by atoms with Gasteiger partial charge in [0.2, 0.25) is 0 Å². The van der Waals surface area contributed by atoms with Gasteiger partial charge in [0.05, 0.1) is 6.10 Å². The molecule has 0 aromatic heterocycles. The lowest BCUT2D eigenvalue weighted by atomic mass is 10.1. The van der Waals surface area contributed by atoms with Gasteiger partial charge in [-0.1, -0.05) is 20.8 Å². The van der Waals surface area contributed by atoms with Crippen LogP contribution in [0, 0.1) is 12.8 Å². The van der Waals surface area contributed by atoms with Crippen LogP contribution in [-0.2, 0) is 0 Å². The summed E-state index contributed by atoms with van der Waals surface area (Å²) in [5.74, 6) is 0.359.